The molecule has 9 nitrogen and oxygen atoms in total. The van der Waals surface area contributed by atoms with Gasteiger partial charge < -0.3 is 20.1 Å². The second kappa shape index (κ2) is 7.20. The van der Waals surface area contributed by atoms with Gasteiger partial charge in [0.05, 0.1) is 12.6 Å². The molecule has 0 fully saturated rings. The molecule has 1 aromatic heterocycles. The number of ether oxygens (including phenoxy) is 1. The standard InChI is InChI=1S/C11H17N3O6S/c1-7(10(15)12-3-4-20-2)14-21(18,19)8-5-9(11(16)17)13-6-8/h5-7,13-14H,3-4H2,1-2H3,(H,12,15)(H,16,17). The fraction of sp³-hybridized carbons (Fsp3) is 0.455. The molecule has 1 amide bonds. The maximum absolute atomic E-state index is 12.0. The van der Waals surface area contributed by atoms with Gasteiger partial charge in [-0.2, -0.15) is 4.72 Å². The molecule has 1 unspecified atom stereocenters. The highest BCUT2D eigenvalue weighted by Crippen LogP contribution is 2.11. The van der Waals surface area contributed by atoms with Crippen molar-refractivity contribution in [3.05, 3.63) is 18.0 Å². The lowest BCUT2D eigenvalue weighted by atomic mass is 10.3. The number of rotatable bonds is 8. The van der Waals surface area contributed by atoms with E-state index in [0.717, 1.165) is 12.3 Å². The smallest absolute Gasteiger partial charge is 0.352 e. The largest absolute Gasteiger partial charge is 0.477 e. The van der Waals surface area contributed by atoms with Gasteiger partial charge in [0.25, 0.3) is 0 Å². The number of hydrogen-bond donors (Lipinski definition) is 4. The Morgan fingerprint density at radius 2 is 2.14 bits per heavy atom. The Balaban J connectivity index is 2.70. The highest BCUT2D eigenvalue weighted by molar-refractivity contribution is 7.89. The quantitative estimate of drug-likeness (QED) is 0.460. The number of aromatic carboxylic acids is 1. The van der Waals surface area contributed by atoms with Crippen molar-refractivity contribution in [1.82, 2.24) is 15.0 Å². The van der Waals surface area contributed by atoms with Crippen molar-refractivity contribution >= 4 is 21.9 Å². The number of carboxylic acid groups (broad SMARTS) is 1. The number of methoxy groups -OCH3 is 1. The molecule has 1 rings (SSSR count). The molecule has 0 aliphatic heterocycles. The highest BCUT2D eigenvalue weighted by Gasteiger charge is 2.23. The van der Waals surface area contributed by atoms with Gasteiger partial charge in [-0.05, 0) is 13.0 Å². The van der Waals surface area contributed by atoms with Crippen LogP contribution in [0.2, 0.25) is 0 Å². The monoisotopic (exact) mass is 319 g/mol. The van der Waals surface area contributed by atoms with Crippen LogP contribution in [0.15, 0.2) is 17.2 Å². The summed E-state index contributed by atoms with van der Waals surface area (Å²) in [6.07, 6.45) is 1.04. The van der Waals surface area contributed by atoms with Crippen LogP contribution in [0.5, 0.6) is 0 Å². The van der Waals surface area contributed by atoms with Crippen LogP contribution < -0.4 is 10.0 Å². The van der Waals surface area contributed by atoms with Crippen LogP contribution in [0, 0.1) is 0 Å². The van der Waals surface area contributed by atoms with E-state index in [1.807, 2.05) is 0 Å². The van der Waals surface area contributed by atoms with E-state index in [0.29, 0.717) is 6.61 Å². The molecule has 0 bridgehead atoms. The third kappa shape index (κ3) is 4.85. The summed E-state index contributed by atoms with van der Waals surface area (Å²) in [5.74, 6) is -1.79. The lowest BCUT2D eigenvalue weighted by Crippen LogP contribution is -2.45. The average Bonchev–Trinajstić information content (AvgIpc) is 2.88. The molecule has 1 aromatic rings. The number of amides is 1. The van der Waals surface area contributed by atoms with Crippen LogP contribution in [0.4, 0.5) is 0 Å². The molecule has 21 heavy (non-hydrogen) atoms. The molecule has 1 atom stereocenters. The lowest BCUT2D eigenvalue weighted by molar-refractivity contribution is -0.122. The molecule has 0 saturated heterocycles. The fourth-order valence-corrected chi connectivity index (χ4v) is 2.63. The first kappa shape index (κ1) is 17.1. The molecule has 10 heteroatoms. The number of nitrogens with one attached hydrogen (secondary N) is 3. The van der Waals surface area contributed by atoms with E-state index in [4.69, 9.17) is 9.84 Å². The van der Waals surface area contributed by atoms with Gasteiger partial charge in [0.1, 0.15) is 10.6 Å². The average molecular weight is 319 g/mol. The predicted octanol–water partition coefficient (Wildman–Crippen LogP) is -0.858. The first-order chi connectivity index (χ1) is 9.77. The molecule has 0 radical (unpaired) electrons. The Morgan fingerprint density at radius 3 is 2.67 bits per heavy atom. The van der Waals surface area contributed by atoms with Crippen molar-refractivity contribution in [2.24, 2.45) is 0 Å². The van der Waals surface area contributed by atoms with Crippen molar-refractivity contribution in [1.29, 1.82) is 0 Å². The third-order valence-corrected chi connectivity index (χ3v) is 4.05. The van der Waals surface area contributed by atoms with Crippen molar-refractivity contribution in [3.8, 4) is 0 Å². The van der Waals surface area contributed by atoms with Gasteiger partial charge in [-0.15, -0.1) is 0 Å². The summed E-state index contributed by atoms with van der Waals surface area (Å²) >= 11 is 0. The number of H-pyrrole nitrogens is 1. The first-order valence-corrected chi connectivity index (χ1v) is 7.47. The molecule has 0 saturated carbocycles. The second-order valence-corrected chi connectivity index (χ2v) is 5.89. The second-order valence-electron chi connectivity index (χ2n) is 4.18. The molecule has 118 valence electrons. The Morgan fingerprint density at radius 1 is 1.48 bits per heavy atom. The van der Waals surface area contributed by atoms with E-state index in [-0.39, 0.29) is 17.1 Å². The predicted molar refractivity (Wildman–Crippen MR) is 72.4 cm³/mol. The van der Waals surface area contributed by atoms with Gasteiger partial charge >= 0.3 is 5.97 Å². The van der Waals surface area contributed by atoms with E-state index in [9.17, 15) is 18.0 Å². The molecule has 1 heterocycles. The number of carbonyl (C=O) groups is 2. The maximum Gasteiger partial charge on any atom is 0.352 e. The summed E-state index contributed by atoms with van der Waals surface area (Å²) in [4.78, 5) is 24.4. The van der Waals surface area contributed by atoms with E-state index in [1.54, 1.807) is 0 Å². The summed E-state index contributed by atoms with van der Waals surface area (Å²) in [7, 11) is -2.51. The molecular formula is C11H17N3O6S. The van der Waals surface area contributed by atoms with Crippen LogP contribution in [0.3, 0.4) is 0 Å². The third-order valence-electron chi connectivity index (χ3n) is 2.53. The molecular weight excluding hydrogens is 302 g/mol. The molecule has 4 N–H and O–H groups in total. The number of aromatic nitrogens is 1. The first-order valence-electron chi connectivity index (χ1n) is 5.98. The molecule has 0 aliphatic carbocycles. The van der Waals surface area contributed by atoms with E-state index in [1.165, 1.54) is 14.0 Å². The van der Waals surface area contributed by atoms with Crippen molar-refractivity contribution in [2.75, 3.05) is 20.3 Å². The van der Waals surface area contributed by atoms with Gasteiger partial charge in [-0.25, -0.2) is 13.2 Å². The van der Waals surface area contributed by atoms with E-state index >= 15 is 0 Å². The molecule has 0 aromatic carbocycles. The molecule has 0 spiro atoms. The van der Waals surface area contributed by atoms with Crippen molar-refractivity contribution in [2.45, 2.75) is 17.9 Å². The van der Waals surface area contributed by atoms with Crippen molar-refractivity contribution in [3.63, 3.8) is 0 Å². The summed E-state index contributed by atoms with van der Waals surface area (Å²) in [5, 5.41) is 11.2. The SMILES string of the molecule is COCCNC(=O)C(C)NS(=O)(=O)c1c[nH]c(C(=O)O)c1. The fourth-order valence-electron chi connectivity index (χ4n) is 1.44. The zero-order valence-corrected chi connectivity index (χ0v) is 12.4. The number of sulfonamides is 1. The number of carbonyl (C=O) groups excluding carboxylic acids is 1. The summed E-state index contributed by atoms with van der Waals surface area (Å²) in [6.45, 7) is 1.95. The van der Waals surface area contributed by atoms with Crippen LogP contribution >= 0.6 is 0 Å². The van der Waals surface area contributed by atoms with Crippen molar-refractivity contribution < 1.29 is 27.9 Å². The normalized spacial score (nSPS) is 12.9. The topological polar surface area (TPSA) is 138 Å². The summed E-state index contributed by atoms with van der Waals surface area (Å²) < 4.78 is 30.9. The minimum absolute atomic E-state index is 0.253. The van der Waals surface area contributed by atoms with Gasteiger partial charge in [0.2, 0.25) is 15.9 Å². The lowest BCUT2D eigenvalue weighted by Gasteiger charge is -2.13. The molecule has 0 aliphatic rings. The van der Waals surface area contributed by atoms with Crippen LogP contribution in [-0.2, 0) is 19.6 Å². The Bertz CT molecular complexity index is 609. The number of hydrogen-bond acceptors (Lipinski definition) is 5. The summed E-state index contributed by atoms with van der Waals surface area (Å²) in [6, 6.07) is -0.0322. The minimum atomic E-state index is -3.98. The van der Waals surface area contributed by atoms with Gasteiger partial charge in [-0.1, -0.05) is 0 Å². The maximum atomic E-state index is 12.0. The van der Waals surface area contributed by atoms with Gasteiger partial charge in [0.15, 0.2) is 0 Å². The van der Waals surface area contributed by atoms with Crippen LogP contribution in [-0.4, -0.2) is 56.7 Å². The van der Waals surface area contributed by atoms with Crippen LogP contribution in [0.1, 0.15) is 17.4 Å². The van der Waals surface area contributed by atoms with Gasteiger partial charge in [-0.3, -0.25) is 4.79 Å². The van der Waals surface area contributed by atoms with Gasteiger partial charge in [0, 0.05) is 19.9 Å². The van der Waals surface area contributed by atoms with Crippen LogP contribution in [0.25, 0.3) is 0 Å². The Labute approximate surface area is 121 Å². The highest BCUT2D eigenvalue weighted by atomic mass is 32.2. The number of carboxylic acids is 1. The van der Waals surface area contributed by atoms with E-state index in [2.05, 4.69) is 15.0 Å². The Hall–Kier alpha value is -1.91. The minimum Gasteiger partial charge on any atom is -0.477 e. The summed E-state index contributed by atoms with van der Waals surface area (Å²) in [5.41, 5.74) is -0.257. The number of aromatic amines is 1. The Kier molecular flexibility index (Phi) is 5.88. The zero-order chi connectivity index (χ0) is 16.0. The van der Waals surface area contributed by atoms with E-state index < -0.39 is 27.9 Å². The zero-order valence-electron chi connectivity index (χ0n) is 11.5.